The second-order valence-corrected chi connectivity index (χ2v) is 3.10. The molecule has 0 heterocycles. The fourth-order valence-electron chi connectivity index (χ4n) is 0.831. The highest BCUT2D eigenvalue weighted by atomic mass is 35.5. The lowest BCUT2D eigenvalue weighted by atomic mass is 10.2. The molecule has 13 heavy (non-hydrogen) atoms. The van der Waals surface area contributed by atoms with E-state index in [-0.39, 0.29) is 5.70 Å². The van der Waals surface area contributed by atoms with Gasteiger partial charge in [-0.15, -0.1) is 0 Å². The predicted molar refractivity (Wildman–Crippen MR) is 54.6 cm³/mol. The van der Waals surface area contributed by atoms with Gasteiger partial charge in [0.15, 0.2) is 0 Å². The van der Waals surface area contributed by atoms with Crippen LogP contribution in [0.2, 0.25) is 10.0 Å². The van der Waals surface area contributed by atoms with E-state index < -0.39 is 0 Å². The molecule has 0 bridgehead atoms. The second kappa shape index (κ2) is 4.19. The third kappa shape index (κ3) is 2.39. The molecule has 66 valence electrons. The Labute approximate surface area is 85.2 Å². The van der Waals surface area contributed by atoms with Crippen molar-refractivity contribution >= 4 is 28.9 Å². The Kier molecular flexibility index (Phi) is 3.20. The quantitative estimate of drug-likeness (QED) is 0.401. The Morgan fingerprint density at radius 3 is 2.69 bits per heavy atom. The van der Waals surface area contributed by atoms with Gasteiger partial charge in [-0.25, -0.2) is 0 Å². The molecule has 0 fully saturated rings. The van der Waals surface area contributed by atoms with Crippen LogP contribution in [0.3, 0.4) is 0 Å². The lowest BCUT2D eigenvalue weighted by Gasteiger charge is -2.01. The molecular formula is C8H5Cl2N3. The summed E-state index contributed by atoms with van der Waals surface area (Å²) in [7, 11) is 0. The lowest BCUT2D eigenvalue weighted by Crippen LogP contribution is -1.80. The van der Waals surface area contributed by atoms with Gasteiger partial charge in [-0.1, -0.05) is 41.0 Å². The van der Waals surface area contributed by atoms with Crippen LogP contribution < -0.4 is 0 Å². The van der Waals surface area contributed by atoms with Gasteiger partial charge < -0.3 is 0 Å². The number of azide groups is 1. The first-order valence-corrected chi connectivity index (χ1v) is 4.10. The Hall–Kier alpha value is -1.15. The van der Waals surface area contributed by atoms with Crippen LogP contribution in [0.15, 0.2) is 29.9 Å². The van der Waals surface area contributed by atoms with E-state index in [1.54, 1.807) is 18.2 Å². The Bertz CT molecular complexity index is 394. The molecule has 3 nitrogen and oxygen atoms in total. The molecule has 5 heteroatoms. The molecule has 0 amide bonds. The van der Waals surface area contributed by atoms with Crippen molar-refractivity contribution in [3.63, 3.8) is 0 Å². The Balaban J connectivity index is 3.16. The molecular weight excluding hydrogens is 209 g/mol. The van der Waals surface area contributed by atoms with Gasteiger partial charge in [0.1, 0.15) is 0 Å². The van der Waals surface area contributed by atoms with E-state index in [9.17, 15) is 0 Å². The minimum Gasteiger partial charge on any atom is -0.0888 e. The number of rotatable bonds is 2. The van der Waals surface area contributed by atoms with Crippen LogP contribution >= 0.6 is 23.2 Å². The average molecular weight is 214 g/mol. The summed E-state index contributed by atoms with van der Waals surface area (Å²) in [6.45, 7) is 3.56. The maximum absolute atomic E-state index is 8.17. The maximum Gasteiger partial charge on any atom is 0.0497 e. The van der Waals surface area contributed by atoms with E-state index in [4.69, 9.17) is 28.7 Å². The van der Waals surface area contributed by atoms with Gasteiger partial charge in [0.2, 0.25) is 0 Å². The van der Waals surface area contributed by atoms with Crippen molar-refractivity contribution < 1.29 is 0 Å². The topological polar surface area (TPSA) is 48.8 Å². The summed E-state index contributed by atoms with van der Waals surface area (Å²) in [5, 5.41) is 4.30. The minimum atomic E-state index is 0.282. The fourth-order valence-corrected chi connectivity index (χ4v) is 1.35. The van der Waals surface area contributed by atoms with Crippen molar-refractivity contribution in [2.24, 2.45) is 5.11 Å². The van der Waals surface area contributed by atoms with Crippen molar-refractivity contribution in [3.8, 4) is 0 Å². The summed E-state index contributed by atoms with van der Waals surface area (Å²) in [5.74, 6) is 0. The first kappa shape index (κ1) is 9.93. The summed E-state index contributed by atoms with van der Waals surface area (Å²) >= 11 is 11.5. The van der Waals surface area contributed by atoms with Crippen LogP contribution in [-0.4, -0.2) is 0 Å². The molecule has 0 radical (unpaired) electrons. The lowest BCUT2D eigenvalue weighted by molar-refractivity contribution is 1.48. The fraction of sp³-hybridized carbons (Fsp3) is 0. The number of nitrogens with zero attached hydrogens (tertiary/aromatic N) is 3. The highest BCUT2D eigenvalue weighted by Crippen LogP contribution is 2.26. The van der Waals surface area contributed by atoms with Crippen LogP contribution in [-0.2, 0) is 0 Å². The van der Waals surface area contributed by atoms with Crippen molar-refractivity contribution in [3.05, 3.63) is 50.8 Å². The van der Waals surface area contributed by atoms with Gasteiger partial charge in [0, 0.05) is 26.2 Å². The molecule has 1 rings (SSSR count). The monoisotopic (exact) mass is 213 g/mol. The third-order valence-electron chi connectivity index (χ3n) is 1.41. The summed E-state index contributed by atoms with van der Waals surface area (Å²) < 4.78 is 0. The smallest absolute Gasteiger partial charge is 0.0497 e. The zero-order chi connectivity index (χ0) is 9.84. The summed E-state index contributed by atoms with van der Waals surface area (Å²) in [6.07, 6.45) is 0. The number of halogens is 2. The molecule has 0 saturated carbocycles. The maximum atomic E-state index is 8.17. The first-order valence-electron chi connectivity index (χ1n) is 3.34. The average Bonchev–Trinajstić information content (AvgIpc) is 2.04. The molecule has 1 aromatic carbocycles. The molecule has 1 aromatic rings. The molecule has 0 aliphatic heterocycles. The molecule has 0 aliphatic rings. The van der Waals surface area contributed by atoms with E-state index in [2.05, 4.69) is 16.6 Å². The summed E-state index contributed by atoms with van der Waals surface area (Å²) in [4.78, 5) is 2.61. The summed E-state index contributed by atoms with van der Waals surface area (Å²) in [5.41, 5.74) is 9.04. The first-order chi connectivity index (χ1) is 6.15. The van der Waals surface area contributed by atoms with Crippen molar-refractivity contribution in [1.29, 1.82) is 0 Å². The van der Waals surface area contributed by atoms with E-state index in [0.29, 0.717) is 15.6 Å². The predicted octanol–water partition coefficient (Wildman–Crippen LogP) is 4.27. The largest absolute Gasteiger partial charge is 0.0888 e. The normalized spacial score (nSPS) is 9.08. The van der Waals surface area contributed by atoms with E-state index in [1.165, 1.54) is 0 Å². The molecule has 0 spiro atoms. The Morgan fingerprint density at radius 1 is 1.46 bits per heavy atom. The van der Waals surface area contributed by atoms with Crippen LogP contribution in [0.25, 0.3) is 16.1 Å². The van der Waals surface area contributed by atoms with Crippen molar-refractivity contribution in [2.75, 3.05) is 0 Å². The van der Waals surface area contributed by atoms with E-state index >= 15 is 0 Å². The van der Waals surface area contributed by atoms with Gasteiger partial charge >= 0.3 is 0 Å². The van der Waals surface area contributed by atoms with E-state index in [0.717, 1.165) is 0 Å². The van der Waals surface area contributed by atoms with E-state index in [1.807, 2.05) is 0 Å². The van der Waals surface area contributed by atoms with Gasteiger partial charge in [0.05, 0.1) is 0 Å². The van der Waals surface area contributed by atoms with Crippen molar-refractivity contribution in [2.45, 2.75) is 0 Å². The number of benzene rings is 1. The zero-order valence-corrected chi connectivity index (χ0v) is 8.05. The highest BCUT2D eigenvalue weighted by Gasteiger charge is 2.02. The van der Waals surface area contributed by atoms with Crippen LogP contribution in [0, 0.1) is 0 Å². The van der Waals surface area contributed by atoms with Gasteiger partial charge in [-0.2, -0.15) is 0 Å². The SMILES string of the molecule is C=C(N=[N+]=[N-])c1ccc(Cl)cc1Cl. The molecule has 0 saturated heterocycles. The minimum absolute atomic E-state index is 0.282. The van der Waals surface area contributed by atoms with Gasteiger partial charge in [-0.05, 0) is 17.7 Å². The molecule has 0 aliphatic carbocycles. The number of hydrogen-bond donors (Lipinski definition) is 0. The van der Waals surface area contributed by atoms with Gasteiger partial charge in [0.25, 0.3) is 0 Å². The van der Waals surface area contributed by atoms with Gasteiger partial charge in [-0.3, -0.25) is 0 Å². The second-order valence-electron chi connectivity index (χ2n) is 2.26. The molecule has 0 aromatic heterocycles. The van der Waals surface area contributed by atoms with Crippen LogP contribution in [0.4, 0.5) is 0 Å². The van der Waals surface area contributed by atoms with Crippen LogP contribution in [0.1, 0.15) is 5.56 Å². The van der Waals surface area contributed by atoms with Crippen LogP contribution in [0.5, 0.6) is 0 Å². The standard InChI is InChI=1S/C8H5Cl2N3/c1-5(12-13-11)7-3-2-6(9)4-8(7)10/h2-4H,1H2. The highest BCUT2D eigenvalue weighted by molar-refractivity contribution is 6.35. The summed E-state index contributed by atoms with van der Waals surface area (Å²) in [6, 6.07) is 4.87. The molecule has 0 N–H and O–H groups in total. The molecule has 0 unspecified atom stereocenters. The molecule has 0 atom stereocenters. The number of hydrogen-bond acceptors (Lipinski definition) is 1. The van der Waals surface area contributed by atoms with Crippen molar-refractivity contribution in [1.82, 2.24) is 0 Å². The third-order valence-corrected chi connectivity index (χ3v) is 1.96. The Morgan fingerprint density at radius 2 is 2.15 bits per heavy atom. The zero-order valence-electron chi connectivity index (χ0n) is 6.54.